The number of hydrogen-bond donors (Lipinski definition) is 1. The number of nitrogens with one attached hydrogen (secondary N) is 1. The largest absolute Gasteiger partial charge is 0.462 e. The van der Waals surface area contributed by atoms with Crippen molar-refractivity contribution in [2.45, 2.75) is 44.9 Å². The number of thiophene rings is 1. The number of ketones is 1. The quantitative estimate of drug-likeness (QED) is 0.659. The average molecular weight is 452 g/mol. The molecule has 7 heteroatoms. The Balaban J connectivity index is 1.59. The number of carbonyl (C=O) groups excluding carboxylic acids is 2. The van der Waals surface area contributed by atoms with Gasteiger partial charge in [-0.3, -0.25) is 4.79 Å². The number of allylic oxidation sites excluding steroid dienone is 3. The third-order valence-corrected chi connectivity index (χ3v) is 7.20. The molecular weight excluding hydrogens is 426 g/mol. The summed E-state index contributed by atoms with van der Waals surface area (Å²) in [6.07, 6.45) is 1.89. The number of esters is 1. The number of ether oxygens (including phenoxy) is 3. The molecule has 2 atom stereocenters. The molecule has 1 aliphatic carbocycles. The van der Waals surface area contributed by atoms with Gasteiger partial charge in [-0.1, -0.05) is 19.1 Å². The number of dihydropyridines is 1. The SMILES string of the molecule is CCCOC(=O)C1=C(C)NC2=C(C(=O)C[C@H](c3cccs3)C2)[C@@H]1c1ccc2c(c1)OCO2. The zero-order valence-corrected chi connectivity index (χ0v) is 18.9. The Morgan fingerprint density at radius 2 is 2.06 bits per heavy atom. The highest BCUT2D eigenvalue weighted by atomic mass is 32.1. The highest BCUT2D eigenvalue weighted by Gasteiger charge is 2.42. The summed E-state index contributed by atoms with van der Waals surface area (Å²) in [5, 5.41) is 5.43. The molecular formula is C25H25NO5S. The van der Waals surface area contributed by atoms with Crippen molar-refractivity contribution in [3.05, 3.63) is 68.7 Å². The van der Waals surface area contributed by atoms with Crippen molar-refractivity contribution in [3.8, 4) is 11.5 Å². The molecule has 1 aromatic carbocycles. The zero-order valence-electron chi connectivity index (χ0n) is 18.1. The Bertz CT molecular complexity index is 1130. The number of benzene rings is 1. The molecule has 6 nitrogen and oxygen atoms in total. The fourth-order valence-electron chi connectivity index (χ4n) is 4.73. The van der Waals surface area contributed by atoms with Crippen LogP contribution in [0.1, 0.15) is 55.4 Å². The first-order valence-corrected chi connectivity index (χ1v) is 11.8. The summed E-state index contributed by atoms with van der Waals surface area (Å²) in [4.78, 5) is 27.8. The molecule has 0 fully saturated rings. The van der Waals surface area contributed by atoms with Crippen LogP contribution in [0.25, 0.3) is 0 Å². The molecule has 3 aliphatic rings. The summed E-state index contributed by atoms with van der Waals surface area (Å²) < 4.78 is 16.5. The fraction of sp³-hybridized carbons (Fsp3) is 0.360. The highest BCUT2D eigenvalue weighted by Crippen LogP contribution is 2.47. The maximum Gasteiger partial charge on any atom is 0.336 e. The van der Waals surface area contributed by atoms with Gasteiger partial charge in [0.2, 0.25) is 6.79 Å². The number of hydrogen-bond acceptors (Lipinski definition) is 7. The second kappa shape index (κ2) is 8.47. The molecule has 1 N–H and O–H groups in total. The molecule has 2 aliphatic heterocycles. The van der Waals surface area contributed by atoms with E-state index < -0.39 is 5.92 Å². The average Bonchev–Trinajstić information content (AvgIpc) is 3.47. The predicted octanol–water partition coefficient (Wildman–Crippen LogP) is 4.79. The lowest BCUT2D eigenvalue weighted by Gasteiger charge is -2.36. The van der Waals surface area contributed by atoms with E-state index >= 15 is 0 Å². The Labute approximate surface area is 190 Å². The van der Waals surface area contributed by atoms with Gasteiger partial charge >= 0.3 is 5.97 Å². The van der Waals surface area contributed by atoms with Gasteiger partial charge in [0.1, 0.15) is 0 Å². The van der Waals surface area contributed by atoms with Crippen LogP contribution in [0.15, 0.2) is 58.3 Å². The molecule has 5 rings (SSSR count). The lowest BCUT2D eigenvalue weighted by atomic mass is 9.72. The van der Waals surface area contributed by atoms with Crippen molar-refractivity contribution in [3.63, 3.8) is 0 Å². The first-order chi connectivity index (χ1) is 15.6. The van der Waals surface area contributed by atoms with Crippen molar-refractivity contribution in [1.29, 1.82) is 0 Å². The Morgan fingerprint density at radius 3 is 2.84 bits per heavy atom. The van der Waals surface area contributed by atoms with Crippen LogP contribution in [0.4, 0.5) is 0 Å². The van der Waals surface area contributed by atoms with Gasteiger partial charge in [-0.2, -0.15) is 0 Å². The van der Waals surface area contributed by atoms with Crippen LogP contribution in [0.2, 0.25) is 0 Å². The van der Waals surface area contributed by atoms with Crippen molar-refractivity contribution >= 4 is 23.1 Å². The van der Waals surface area contributed by atoms with Crippen LogP contribution in [-0.2, 0) is 14.3 Å². The van der Waals surface area contributed by atoms with E-state index in [9.17, 15) is 9.59 Å². The van der Waals surface area contributed by atoms with Gasteiger partial charge in [-0.15, -0.1) is 11.3 Å². The summed E-state index contributed by atoms with van der Waals surface area (Å²) in [6.45, 7) is 4.34. The molecule has 0 bridgehead atoms. The van der Waals surface area contributed by atoms with Gasteiger partial charge in [0.25, 0.3) is 0 Å². The zero-order chi connectivity index (χ0) is 22.2. The van der Waals surface area contributed by atoms with Crippen LogP contribution in [0.3, 0.4) is 0 Å². The number of Topliss-reactive ketones (excluding diaryl/α,β-unsaturated/α-hetero) is 1. The van der Waals surface area contributed by atoms with Crippen molar-refractivity contribution in [1.82, 2.24) is 5.32 Å². The van der Waals surface area contributed by atoms with E-state index in [1.54, 1.807) is 11.3 Å². The van der Waals surface area contributed by atoms with E-state index in [0.717, 1.165) is 29.8 Å². The van der Waals surface area contributed by atoms with E-state index in [1.807, 2.05) is 43.5 Å². The molecule has 32 heavy (non-hydrogen) atoms. The molecule has 1 aromatic heterocycles. The molecule has 166 valence electrons. The van der Waals surface area contributed by atoms with Crippen LogP contribution < -0.4 is 14.8 Å². The number of rotatable bonds is 5. The smallest absolute Gasteiger partial charge is 0.336 e. The van der Waals surface area contributed by atoms with Gasteiger partial charge in [0.05, 0.1) is 12.2 Å². The Morgan fingerprint density at radius 1 is 1.22 bits per heavy atom. The molecule has 2 aromatic rings. The van der Waals surface area contributed by atoms with Crippen LogP contribution >= 0.6 is 11.3 Å². The first-order valence-electron chi connectivity index (χ1n) is 10.9. The van der Waals surface area contributed by atoms with Crippen LogP contribution in [0.5, 0.6) is 11.5 Å². The number of carbonyl (C=O) groups is 2. The molecule has 0 spiro atoms. The minimum absolute atomic E-state index is 0.0631. The first kappa shape index (κ1) is 20.8. The molecule has 0 saturated carbocycles. The van der Waals surface area contributed by atoms with Crippen molar-refractivity contribution in [2.24, 2.45) is 0 Å². The minimum atomic E-state index is -0.498. The van der Waals surface area contributed by atoms with Gasteiger partial charge in [0, 0.05) is 40.1 Å². The van der Waals surface area contributed by atoms with Gasteiger partial charge in [-0.25, -0.2) is 4.79 Å². The predicted molar refractivity (Wildman–Crippen MR) is 121 cm³/mol. The summed E-state index contributed by atoms with van der Waals surface area (Å²) in [7, 11) is 0. The van der Waals surface area contributed by atoms with E-state index in [-0.39, 0.29) is 24.5 Å². The molecule has 0 unspecified atom stereocenters. The van der Waals surface area contributed by atoms with Crippen molar-refractivity contribution in [2.75, 3.05) is 13.4 Å². The highest BCUT2D eigenvalue weighted by molar-refractivity contribution is 7.10. The Hall–Kier alpha value is -3.06. The maximum atomic E-state index is 13.5. The van der Waals surface area contributed by atoms with Gasteiger partial charge in [0.15, 0.2) is 17.3 Å². The summed E-state index contributed by atoms with van der Waals surface area (Å²) in [6, 6.07) is 9.73. The van der Waals surface area contributed by atoms with Crippen molar-refractivity contribution < 1.29 is 23.8 Å². The molecule has 0 amide bonds. The van der Waals surface area contributed by atoms with E-state index in [2.05, 4.69) is 11.4 Å². The topological polar surface area (TPSA) is 73.9 Å². The normalized spacial score (nSPS) is 22.0. The fourth-order valence-corrected chi connectivity index (χ4v) is 5.56. The Kier molecular flexibility index (Phi) is 5.51. The van der Waals surface area contributed by atoms with Crippen LogP contribution in [-0.4, -0.2) is 25.2 Å². The lowest BCUT2D eigenvalue weighted by Crippen LogP contribution is -2.36. The monoisotopic (exact) mass is 451 g/mol. The summed E-state index contributed by atoms with van der Waals surface area (Å²) >= 11 is 1.68. The molecule has 3 heterocycles. The summed E-state index contributed by atoms with van der Waals surface area (Å²) in [5.74, 6) is 0.615. The van der Waals surface area contributed by atoms with E-state index in [1.165, 1.54) is 4.88 Å². The standard InChI is InChI=1S/C25H25NO5S/c1-3-8-29-25(28)22-14(2)26-17-10-16(21-5-4-9-32-21)11-18(27)24(17)23(22)15-6-7-19-20(12-15)31-13-30-19/h4-7,9,12,16,23,26H,3,8,10-11,13H2,1-2H3/t16-,23-/m1/s1. The second-order valence-electron chi connectivity index (χ2n) is 8.28. The minimum Gasteiger partial charge on any atom is -0.462 e. The lowest BCUT2D eigenvalue weighted by molar-refractivity contribution is -0.139. The van der Waals surface area contributed by atoms with E-state index in [0.29, 0.717) is 35.7 Å². The second-order valence-corrected chi connectivity index (χ2v) is 9.26. The summed E-state index contributed by atoms with van der Waals surface area (Å²) in [5.41, 5.74) is 3.60. The molecule has 0 saturated heterocycles. The van der Waals surface area contributed by atoms with Crippen LogP contribution in [0, 0.1) is 0 Å². The third kappa shape index (κ3) is 3.60. The maximum absolute atomic E-state index is 13.5. The van der Waals surface area contributed by atoms with Gasteiger partial charge < -0.3 is 19.5 Å². The third-order valence-electron chi connectivity index (χ3n) is 6.16. The number of fused-ring (bicyclic) bond motifs is 1. The van der Waals surface area contributed by atoms with E-state index in [4.69, 9.17) is 14.2 Å². The van der Waals surface area contributed by atoms with Gasteiger partial charge in [-0.05, 0) is 48.9 Å². The molecule has 0 radical (unpaired) electrons.